The number of likely N-dealkylation sites (tertiary alicyclic amines) is 1. The Labute approximate surface area is 128 Å². The second kappa shape index (κ2) is 6.21. The molecule has 0 saturated carbocycles. The zero-order valence-corrected chi connectivity index (χ0v) is 12.6. The van der Waals surface area contributed by atoms with Gasteiger partial charge in [0.15, 0.2) is 0 Å². The van der Waals surface area contributed by atoms with Crippen molar-refractivity contribution >= 4 is 33.5 Å². The molecule has 2 rings (SSSR count). The van der Waals surface area contributed by atoms with Gasteiger partial charge in [-0.25, -0.2) is 0 Å². The molecule has 1 saturated heterocycles. The zero-order chi connectivity index (χ0) is 15.6. The maximum atomic E-state index is 12.4. The number of nitro benzene ring substituents is 1. The lowest BCUT2D eigenvalue weighted by Gasteiger charge is -2.30. The van der Waals surface area contributed by atoms with Crippen LogP contribution in [0.25, 0.3) is 0 Å². The highest BCUT2D eigenvalue weighted by molar-refractivity contribution is 9.10. The normalized spacial score (nSPS) is 18.3. The Kier molecular flexibility index (Phi) is 4.56. The summed E-state index contributed by atoms with van der Waals surface area (Å²) in [5.74, 6) is -1.90. The fraction of sp³-hybridized carbons (Fsp3) is 0.385. The van der Waals surface area contributed by atoms with Crippen LogP contribution in [0, 0.1) is 16.0 Å². The Morgan fingerprint density at radius 1 is 1.43 bits per heavy atom. The van der Waals surface area contributed by atoms with Crippen molar-refractivity contribution in [3.8, 4) is 0 Å². The maximum absolute atomic E-state index is 12.4. The van der Waals surface area contributed by atoms with E-state index in [1.807, 2.05) is 0 Å². The fourth-order valence-electron chi connectivity index (χ4n) is 2.36. The van der Waals surface area contributed by atoms with E-state index in [0.717, 1.165) is 0 Å². The van der Waals surface area contributed by atoms with Crippen LogP contribution in [0.4, 0.5) is 5.69 Å². The van der Waals surface area contributed by atoms with Gasteiger partial charge in [-0.2, -0.15) is 0 Å². The van der Waals surface area contributed by atoms with E-state index in [-0.39, 0.29) is 22.3 Å². The second-order valence-electron chi connectivity index (χ2n) is 4.82. The topological polar surface area (TPSA) is 101 Å². The summed E-state index contributed by atoms with van der Waals surface area (Å²) in [7, 11) is 0. The van der Waals surface area contributed by atoms with Crippen molar-refractivity contribution in [2.75, 3.05) is 13.1 Å². The Morgan fingerprint density at radius 2 is 2.14 bits per heavy atom. The number of hydrogen-bond donors (Lipinski definition) is 1. The largest absolute Gasteiger partial charge is 0.481 e. The molecule has 1 aromatic carbocycles. The summed E-state index contributed by atoms with van der Waals surface area (Å²) in [6, 6.07) is 4.23. The van der Waals surface area contributed by atoms with E-state index in [4.69, 9.17) is 5.11 Å². The lowest BCUT2D eigenvalue weighted by atomic mass is 9.97. The molecule has 1 N–H and O–H groups in total. The molecule has 0 aliphatic carbocycles. The van der Waals surface area contributed by atoms with Crippen LogP contribution in [0.2, 0.25) is 0 Å². The molecule has 1 aliphatic rings. The van der Waals surface area contributed by atoms with Crippen molar-refractivity contribution in [1.29, 1.82) is 0 Å². The number of carbonyl (C=O) groups is 2. The van der Waals surface area contributed by atoms with Crippen LogP contribution in [-0.2, 0) is 4.79 Å². The van der Waals surface area contributed by atoms with Crippen LogP contribution in [0.3, 0.4) is 0 Å². The van der Waals surface area contributed by atoms with E-state index in [0.29, 0.717) is 19.4 Å². The minimum atomic E-state index is -0.925. The third kappa shape index (κ3) is 3.21. The quantitative estimate of drug-likeness (QED) is 0.661. The number of rotatable bonds is 3. The molecule has 0 radical (unpaired) electrons. The molecule has 7 nitrogen and oxygen atoms in total. The molecule has 1 atom stereocenters. The molecular weight excluding hydrogens is 344 g/mol. The van der Waals surface area contributed by atoms with Gasteiger partial charge in [-0.3, -0.25) is 19.7 Å². The van der Waals surface area contributed by atoms with Crippen molar-refractivity contribution in [3.05, 3.63) is 38.3 Å². The predicted octanol–water partition coefficient (Wildman–Crippen LogP) is 2.29. The summed E-state index contributed by atoms with van der Waals surface area (Å²) in [5.41, 5.74) is -0.0112. The van der Waals surface area contributed by atoms with Crippen LogP contribution in [-0.4, -0.2) is 39.9 Å². The summed E-state index contributed by atoms with van der Waals surface area (Å²) >= 11 is 3.09. The van der Waals surface area contributed by atoms with Gasteiger partial charge in [0.05, 0.1) is 16.4 Å². The summed E-state index contributed by atoms with van der Waals surface area (Å²) < 4.78 is 0.123. The van der Waals surface area contributed by atoms with Gasteiger partial charge in [-0.1, -0.05) is 6.07 Å². The van der Waals surface area contributed by atoms with Crippen molar-refractivity contribution in [3.63, 3.8) is 0 Å². The van der Waals surface area contributed by atoms with Gasteiger partial charge in [-0.15, -0.1) is 0 Å². The second-order valence-corrected chi connectivity index (χ2v) is 5.62. The molecule has 0 unspecified atom stereocenters. The molecular formula is C13H13BrN2O5. The number of aliphatic carboxylic acids is 1. The summed E-state index contributed by atoms with van der Waals surface area (Å²) in [6.07, 6.45) is 1.14. The first-order valence-electron chi connectivity index (χ1n) is 6.36. The molecule has 1 aromatic rings. The minimum Gasteiger partial charge on any atom is -0.481 e. The van der Waals surface area contributed by atoms with Gasteiger partial charge >= 0.3 is 5.97 Å². The van der Waals surface area contributed by atoms with Gasteiger partial charge in [0.1, 0.15) is 4.47 Å². The van der Waals surface area contributed by atoms with E-state index in [1.54, 1.807) is 0 Å². The highest BCUT2D eigenvalue weighted by atomic mass is 79.9. The Morgan fingerprint density at radius 3 is 2.76 bits per heavy atom. The number of amides is 1. The average Bonchev–Trinajstić information content (AvgIpc) is 2.46. The molecule has 0 bridgehead atoms. The van der Waals surface area contributed by atoms with Gasteiger partial charge in [0.2, 0.25) is 0 Å². The standard InChI is InChI=1S/C13H13BrN2O5/c14-11-9(4-1-5-10(11)16(20)21)12(17)15-6-2-3-8(7-15)13(18)19/h1,4-5,8H,2-3,6-7H2,(H,18,19)/t8-/m0/s1. The van der Waals surface area contributed by atoms with Crippen molar-refractivity contribution < 1.29 is 19.6 Å². The molecule has 1 aliphatic heterocycles. The molecule has 21 heavy (non-hydrogen) atoms. The molecule has 0 aromatic heterocycles. The van der Waals surface area contributed by atoms with Crippen LogP contribution < -0.4 is 0 Å². The number of hydrogen-bond acceptors (Lipinski definition) is 4. The van der Waals surface area contributed by atoms with Crippen molar-refractivity contribution in [2.24, 2.45) is 5.92 Å². The molecule has 0 spiro atoms. The molecule has 1 amide bonds. The van der Waals surface area contributed by atoms with E-state index < -0.39 is 22.7 Å². The fourth-order valence-corrected chi connectivity index (χ4v) is 2.94. The van der Waals surface area contributed by atoms with Crippen molar-refractivity contribution in [1.82, 2.24) is 4.90 Å². The Bertz CT molecular complexity index is 604. The number of nitro groups is 1. The number of nitrogens with zero attached hydrogens (tertiary/aromatic N) is 2. The molecule has 1 heterocycles. The molecule has 1 fully saturated rings. The number of carboxylic acid groups (broad SMARTS) is 1. The first-order valence-corrected chi connectivity index (χ1v) is 7.16. The average molecular weight is 357 g/mol. The van der Waals surface area contributed by atoms with Crippen LogP contribution >= 0.6 is 15.9 Å². The highest BCUT2D eigenvalue weighted by Crippen LogP contribution is 2.30. The predicted molar refractivity (Wildman–Crippen MR) is 77.1 cm³/mol. The first-order chi connectivity index (χ1) is 9.91. The van der Waals surface area contributed by atoms with Gasteiger partial charge in [0, 0.05) is 19.2 Å². The lowest BCUT2D eigenvalue weighted by Crippen LogP contribution is -2.42. The van der Waals surface area contributed by atoms with Gasteiger partial charge in [0.25, 0.3) is 11.6 Å². The Hall–Kier alpha value is -1.96. The van der Waals surface area contributed by atoms with E-state index in [1.165, 1.54) is 23.1 Å². The Balaban J connectivity index is 2.26. The van der Waals surface area contributed by atoms with E-state index in [9.17, 15) is 19.7 Å². The number of carbonyl (C=O) groups excluding carboxylic acids is 1. The third-order valence-electron chi connectivity index (χ3n) is 3.46. The smallest absolute Gasteiger partial charge is 0.308 e. The summed E-state index contributed by atoms with van der Waals surface area (Å²) in [6.45, 7) is 0.584. The number of carboxylic acids is 1. The van der Waals surface area contributed by atoms with Gasteiger partial charge in [-0.05, 0) is 34.8 Å². The highest BCUT2D eigenvalue weighted by Gasteiger charge is 2.30. The van der Waals surface area contributed by atoms with Crippen LogP contribution in [0.5, 0.6) is 0 Å². The number of halogens is 1. The van der Waals surface area contributed by atoms with Crippen molar-refractivity contribution in [2.45, 2.75) is 12.8 Å². The van der Waals surface area contributed by atoms with E-state index in [2.05, 4.69) is 15.9 Å². The molecule has 112 valence electrons. The summed E-state index contributed by atoms with van der Waals surface area (Å²) in [4.78, 5) is 35.2. The minimum absolute atomic E-state index is 0.123. The summed E-state index contributed by atoms with van der Waals surface area (Å²) in [5, 5.41) is 19.9. The van der Waals surface area contributed by atoms with Gasteiger partial charge < -0.3 is 10.0 Å². The van der Waals surface area contributed by atoms with Crippen LogP contribution in [0.15, 0.2) is 22.7 Å². The molecule has 8 heteroatoms. The lowest BCUT2D eigenvalue weighted by molar-refractivity contribution is -0.385. The number of benzene rings is 1. The monoisotopic (exact) mass is 356 g/mol. The number of piperidine rings is 1. The third-order valence-corrected chi connectivity index (χ3v) is 4.30. The first kappa shape index (κ1) is 15.4. The van der Waals surface area contributed by atoms with Crippen LogP contribution in [0.1, 0.15) is 23.2 Å². The maximum Gasteiger partial charge on any atom is 0.308 e. The van der Waals surface area contributed by atoms with E-state index >= 15 is 0 Å². The zero-order valence-electron chi connectivity index (χ0n) is 11.0. The SMILES string of the molecule is O=C(O)[C@H]1CCCN(C(=O)c2cccc([N+](=O)[O-])c2Br)C1.